The molecule has 0 spiro atoms. The van der Waals surface area contributed by atoms with Gasteiger partial charge in [-0.3, -0.25) is 4.98 Å². The van der Waals surface area contributed by atoms with Crippen molar-refractivity contribution in [2.24, 2.45) is 5.73 Å². The summed E-state index contributed by atoms with van der Waals surface area (Å²) in [6.07, 6.45) is 4.07. The number of hydrogen-bond donors (Lipinski definition) is 1. The zero-order valence-electron chi connectivity index (χ0n) is 15.6. The van der Waals surface area contributed by atoms with Crippen LogP contribution in [0.25, 0.3) is 22.1 Å². The Hall–Kier alpha value is -3.18. The molecule has 2 aromatic carbocycles. The van der Waals surface area contributed by atoms with Crippen molar-refractivity contribution in [1.82, 2.24) is 4.98 Å². The Morgan fingerprint density at radius 3 is 2.79 bits per heavy atom. The predicted octanol–water partition coefficient (Wildman–Crippen LogP) is 5.23. The number of rotatable bonds is 6. The molecule has 0 aliphatic heterocycles. The quantitative estimate of drug-likeness (QED) is 0.500. The fourth-order valence-corrected chi connectivity index (χ4v) is 3.36. The van der Waals surface area contributed by atoms with Gasteiger partial charge in [0.1, 0.15) is 17.9 Å². The number of nitrogens with zero attached hydrogens (tertiary/aromatic N) is 1. The number of nitrogens with two attached hydrogens (primary N) is 1. The molecule has 0 saturated heterocycles. The average molecular weight is 376 g/mol. The van der Waals surface area contributed by atoms with Crippen LogP contribution in [-0.2, 0) is 19.6 Å². The van der Waals surface area contributed by atoms with E-state index in [2.05, 4.69) is 18.0 Å². The summed E-state index contributed by atoms with van der Waals surface area (Å²) in [5, 5.41) is 0.894. The summed E-state index contributed by atoms with van der Waals surface area (Å²) in [5.74, 6) is 0.441. The molecule has 142 valence electrons. The van der Waals surface area contributed by atoms with Crippen molar-refractivity contribution in [3.8, 4) is 16.9 Å². The number of halogens is 1. The zero-order chi connectivity index (χ0) is 19.5. The van der Waals surface area contributed by atoms with E-state index in [9.17, 15) is 4.39 Å². The van der Waals surface area contributed by atoms with Crippen molar-refractivity contribution in [2.45, 2.75) is 26.5 Å². The van der Waals surface area contributed by atoms with Crippen LogP contribution in [0.4, 0.5) is 4.39 Å². The van der Waals surface area contributed by atoms with Crippen molar-refractivity contribution in [1.29, 1.82) is 0 Å². The van der Waals surface area contributed by atoms with Crippen molar-refractivity contribution < 1.29 is 13.5 Å². The van der Waals surface area contributed by atoms with E-state index < -0.39 is 5.82 Å². The second-order valence-electron chi connectivity index (χ2n) is 6.56. The van der Waals surface area contributed by atoms with Crippen LogP contribution in [0.5, 0.6) is 5.75 Å². The highest BCUT2D eigenvalue weighted by atomic mass is 19.1. The maximum atomic E-state index is 14.9. The van der Waals surface area contributed by atoms with E-state index in [1.807, 2.05) is 36.4 Å². The van der Waals surface area contributed by atoms with Crippen LogP contribution in [0.2, 0.25) is 0 Å². The van der Waals surface area contributed by atoms with Gasteiger partial charge in [-0.15, -0.1) is 0 Å². The molecule has 0 fully saturated rings. The Bertz CT molecular complexity index is 1120. The summed E-state index contributed by atoms with van der Waals surface area (Å²) in [5.41, 5.74) is 9.65. The lowest BCUT2D eigenvalue weighted by molar-refractivity contribution is 0.303. The number of furan rings is 1. The van der Waals surface area contributed by atoms with E-state index in [1.165, 1.54) is 0 Å². The molecule has 4 aromatic rings. The van der Waals surface area contributed by atoms with Crippen molar-refractivity contribution in [2.75, 3.05) is 0 Å². The van der Waals surface area contributed by atoms with Crippen LogP contribution in [0.15, 0.2) is 65.4 Å². The van der Waals surface area contributed by atoms with Crippen molar-refractivity contribution >= 4 is 11.0 Å². The first-order chi connectivity index (χ1) is 13.7. The summed E-state index contributed by atoms with van der Waals surface area (Å²) >= 11 is 0. The highest BCUT2D eigenvalue weighted by molar-refractivity contribution is 5.93. The van der Waals surface area contributed by atoms with Crippen LogP contribution in [0.1, 0.15) is 23.7 Å². The lowest BCUT2D eigenvalue weighted by atomic mass is 10.00. The number of fused-ring (bicyclic) bond motifs is 1. The first-order valence-corrected chi connectivity index (χ1v) is 9.26. The van der Waals surface area contributed by atoms with Gasteiger partial charge in [-0.1, -0.05) is 25.1 Å². The van der Waals surface area contributed by atoms with Gasteiger partial charge in [0, 0.05) is 29.3 Å². The normalized spacial score (nSPS) is 11.1. The van der Waals surface area contributed by atoms with E-state index in [1.54, 1.807) is 18.5 Å². The van der Waals surface area contributed by atoms with Gasteiger partial charge in [0.05, 0.1) is 12.0 Å². The van der Waals surface area contributed by atoms with Gasteiger partial charge in [-0.05, 0) is 47.9 Å². The Balaban J connectivity index is 1.74. The van der Waals surface area contributed by atoms with Crippen LogP contribution in [0.3, 0.4) is 0 Å². The van der Waals surface area contributed by atoms with Crippen LogP contribution in [-0.4, -0.2) is 4.98 Å². The molecule has 0 atom stereocenters. The Morgan fingerprint density at radius 2 is 1.96 bits per heavy atom. The molecular formula is C23H21FN2O2. The summed E-state index contributed by atoms with van der Waals surface area (Å²) in [6.45, 7) is 2.51. The molecule has 0 bridgehead atoms. The smallest absolute Gasteiger partial charge is 0.153 e. The molecule has 5 heteroatoms. The third kappa shape index (κ3) is 3.37. The number of aromatic nitrogens is 1. The van der Waals surface area contributed by atoms with Crippen LogP contribution in [0, 0.1) is 5.82 Å². The van der Waals surface area contributed by atoms with Gasteiger partial charge in [0.2, 0.25) is 0 Å². The minimum Gasteiger partial charge on any atom is -0.489 e. The predicted molar refractivity (Wildman–Crippen MR) is 107 cm³/mol. The van der Waals surface area contributed by atoms with Gasteiger partial charge in [0.25, 0.3) is 0 Å². The van der Waals surface area contributed by atoms with Gasteiger partial charge in [-0.2, -0.15) is 0 Å². The standard InChI is InChI=1S/C23H21FN2O2/c1-2-16-5-3-4-6-21(16)28-14-15-11-17-8-10-27-23(17)19(12-15)18-7-9-26-20(13-25)22(18)24/h3-12H,2,13-14,25H2,1H3. The molecule has 0 radical (unpaired) electrons. The number of hydrogen-bond acceptors (Lipinski definition) is 4. The summed E-state index contributed by atoms with van der Waals surface area (Å²) in [4.78, 5) is 4.01. The first-order valence-electron chi connectivity index (χ1n) is 9.26. The fraction of sp³-hybridized carbons (Fsp3) is 0.174. The molecule has 28 heavy (non-hydrogen) atoms. The summed E-state index contributed by atoms with van der Waals surface area (Å²) in [7, 11) is 0. The second-order valence-corrected chi connectivity index (χ2v) is 6.56. The summed E-state index contributed by atoms with van der Waals surface area (Å²) < 4.78 is 26.5. The molecule has 0 aliphatic rings. The van der Waals surface area contributed by atoms with E-state index >= 15 is 0 Å². The minimum absolute atomic E-state index is 0.0393. The second kappa shape index (κ2) is 7.82. The number of benzene rings is 2. The third-order valence-electron chi connectivity index (χ3n) is 4.80. The molecule has 2 aromatic heterocycles. The Morgan fingerprint density at radius 1 is 1.11 bits per heavy atom. The Kier molecular flexibility index (Phi) is 5.08. The molecule has 4 rings (SSSR count). The molecular weight excluding hydrogens is 355 g/mol. The van der Waals surface area contributed by atoms with Gasteiger partial charge < -0.3 is 14.9 Å². The molecule has 0 aliphatic carbocycles. The SMILES string of the molecule is CCc1ccccc1OCc1cc(-c2ccnc(CN)c2F)c2occc2c1. The van der Waals surface area contributed by atoms with Gasteiger partial charge in [0.15, 0.2) is 5.82 Å². The van der Waals surface area contributed by atoms with Gasteiger partial charge in [-0.25, -0.2) is 4.39 Å². The fourth-order valence-electron chi connectivity index (χ4n) is 3.36. The molecule has 0 amide bonds. The first kappa shape index (κ1) is 18.2. The molecule has 0 unspecified atom stereocenters. The summed E-state index contributed by atoms with van der Waals surface area (Å²) in [6, 6.07) is 15.4. The minimum atomic E-state index is -0.419. The lowest BCUT2D eigenvalue weighted by Gasteiger charge is -2.12. The number of pyridine rings is 1. The van der Waals surface area contributed by atoms with Gasteiger partial charge >= 0.3 is 0 Å². The number of aryl methyl sites for hydroxylation is 1. The maximum absolute atomic E-state index is 14.9. The molecule has 4 nitrogen and oxygen atoms in total. The monoisotopic (exact) mass is 376 g/mol. The lowest BCUT2D eigenvalue weighted by Crippen LogP contribution is -2.04. The van der Waals surface area contributed by atoms with E-state index in [4.69, 9.17) is 14.9 Å². The number of para-hydroxylation sites is 1. The van der Waals surface area contributed by atoms with Crippen molar-refractivity contribution in [3.05, 3.63) is 83.6 Å². The number of ether oxygens (including phenoxy) is 1. The molecule has 2 heterocycles. The van der Waals surface area contributed by atoms with Crippen LogP contribution >= 0.6 is 0 Å². The van der Waals surface area contributed by atoms with E-state index in [-0.39, 0.29) is 12.2 Å². The highest BCUT2D eigenvalue weighted by Crippen LogP contribution is 2.33. The topological polar surface area (TPSA) is 61.3 Å². The van der Waals surface area contributed by atoms with E-state index in [0.717, 1.165) is 28.7 Å². The van der Waals surface area contributed by atoms with Crippen LogP contribution < -0.4 is 10.5 Å². The van der Waals surface area contributed by atoms with E-state index in [0.29, 0.717) is 23.3 Å². The third-order valence-corrected chi connectivity index (χ3v) is 4.80. The van der Waals surface area contributed by atoms with Crippen molar-refractivity contribution in [3.63, 3.8) is 0 Å². The zero-order valence-corrected chi connectivity index (χ0v) is 15.6. The molecule has 0 saturated carbocycles. The average Bonchev–Trinajstić information content (AvgIpc) is 3.21. The largest absolute Gasteiger partial charge is 0.489 e. The Labute approximate surface area is 162 Å². The molecule has 2 N–H and O–H groups in total. The highest BCUT2D eigenvalue weighted by Gasteiger charge is 2.16. The maximum Gasteiger partial charge on any atom is 0.153 e.